The highest BCUT2D eigenvalue weighted by molar-refractivity contribution is 6.31. The average Bonchev–Trinajstić information content (AvgIpc) is 2.44. The first kappa shape index (κ1) is 17.8. The number of ether oxygens (including phenoxy) is 2. The van der Waals surface area contributed by atoms with Crippen molar-refractivity contribution in [2.45, 2.75) is 32.8 Å². The molecule has 0 aromatic heterocycles. The quantitative estimate of drug-likeness (QED) is 0.542. The van der Waals surface area contributed by atoms with E-state index in [1.54, 1.807) is 18.2 Å². The minimum Gasteiger partial charge on any atom is -0.397 e. The van der Waals surface area contributed by atoms with Crippen molar-refractivity contribution in [1.82, 2.24) is 0 Å². The van der Waals surface area contributed by atoms with Gasteiger partial charge in [-0.25, -0.2) is 0 Å². The molecule has 118 valence electrons. The van der Waals surface area contributed by atoms with Crippen molar-refractivity contribution in [3.05, 3.63) is 23.2 Å². The van der Waals surface area contributed by atoms with Crippen LogP contribution < -0.4 is 11.1 Å². The van der Waals surface area contributed by atoms with Crippen LogP contribution in [0.4, 0.5) is 11.4 Å². The number of rotatable bonds is 9. The Hall–Kier alpha value is -1.30. The Balaban J connectivity index is 2.22. The molecule has 0 aliphatic carbocycles. The fourth-order valence-electron chi connectivity index (χ4n) is 1.71. The van der Waals surface area contributed by atoms with E-state index in [0.717, 1.165) is 0 Å². The van der Waals surface area contributed by atoms with Gasteiger partial charge in [0.25, 0.3) is 0 Å². The second-order valence-electron chi connectivity index (χ2n) is 4.72. The lowest BCUT2D eigenvalue weighted by molar-refractivity contribution is -0.116. The smallest absolute Gasteiger partial charge is 0.224 e. The third-order valence-electron chi connectivity index (χ3n) is 2.79. The molecule has 0 aliphatic heterocycles. The van der Waals surface area contributed by atoms with Gasteiger partial charge in [-0.2, -0.15) is 0 Å². The number of halogens is 1. The summed E-state index contributed by atoms with van der Waals surface area (Å²) in [5.41, 5.74) is 6.81. The fraction of sp³-hybridized carbons (Fsp3) is 0.533. The second-order valence-corrected chi connectivity index (χ2v) is 5.16. The van der Waals surface area contributed by atoms with Crippen LogP contribution in [0.1, 0.15) is 26.7 Å². The monoisotopic (exact) mass is 314 g/mol. The number of nitrogen functional groups attached to an aromatic ring is 1. The number of hydrogen-bond donors (Lipinski definition) is 2. The largest absolute Gasteiger partial charge is 0.397 e. The summed E-state index contributed by atoms with van der Waals surface area (Å²) in [6, 6.07) is 4.98. The second kappa shape index (κ2) is 9.60. The van der Waals surface area contributed by atoms with Gasteiger partial charge in [0.1, 0.15) is 0 Å². The Kier molecular flexibility index (Phi) is 8.12. The highest BCUT2D eigenvalue weighted by Crippen LogP contribution is 2.22. The Labute approximate surface area is 130 Å². The Morgan fingerprint density at radius 3 is 2.90 bits per heavy atom. The predicted molar refractivity (Wildman–Crippen MR) is 85.6 cm³/mol. The lowest BCUT2D eigenvalue weighted by Crippen LogP contribution is -2.18. The van der Waals surface area contributed by atoms with Crippen LogP contribution in [0.5, 0.6) is 0 Å². The maximum atomic E-state index is 11.8. The van der Waals surface area contributed by atoms with E-state index in [9.17, 15) is 4.79 Å². The van der Waals surface area contributed by atoms with Crippen LogP contribution >= 0.6 is 11.6 Å². The number of hydrogen-bond acceptors (Lipinski definition) is 4. The van der Waals surface area contributed by atoms with Gasteiger partial charge in [-0.1, -0.05) is 11.6 Å². The van der Waals surface area contributed by atoms with Gasteiger partial charge in [0, 0.05) is 24.7 Å². The number of anilines is 2. The van der Waals surface area contributed by atoms with Crippen LogP contribution in [0.25, 0.3) is 0 Å². The minimum atomic E-state index is -0.0925. The molecule has 0 aliphatic rings. The van der Waals surface area contributed by atoms with Gasteiger partial charge in [0.15, 0.2) is 0 Å². The molecule has 0 spiro atoms. The van der Waals surface area contributed by atoms with Gasteiger partial charge in [-0.3, -0.25) is 4.79 Å². The third-order valence-corrected chi connectivity index (χ3v) is 3.03. The molecule has 21 heavy (non-hydrogen) atoms. The molecule has 6 heteroatoms. The van der Waals surface area contributed by atoms with Gasteiger partial charge in [0.2, 0.25) is 5.91 Å². The summed E-state index contributed by atoms with van der Waals surface area (Å²) >= 11 is 5.80. The normalized spacial score (nSPS) is 12.1. The first-order chi connectivity index (χ1) is 10.0. The summed E-state index contributed by atoms with van der Waals surface area (Å²) in [6.45, 7) is 5.67. The highest BCUT2D eigenvalue weighted by Gasteiger charge is 2.07. The Morgan fingerprint density at radius 1 is 1.48 bits per heavy atom. The van der Waals surface area contributed by atoms with Crippen molar-refractivity contribution >= 4 is 28.9 Å². The molecule has 1 unspecified atom stereocenters. The van der Waals surface area contributed by atoms with E-state index in [2.05, 4.69) is 5.32 Å². The van der Waals surface area contributed by atoms with Crippen LogP contribution in [0.15, 0.2) is 18.2 Å². The zero-order valence-electron chi connectivity index (χ0n) is 12.5. The summed E-state index contributed by atoms with van der Waals surface area (Å²) in [6.07, 6.45) is 1.07. The zero-order valence-corrected chi connectivity index (χ0v) is 13.3. The lowest BCUT2D eigenvalue weighted by atomic mass is 10.2. The lowest BCUT2D eigenvalue weighted by Gasteiger charge is -2.13. The average molecular weight is 315 g/mol. The molecular formula is C15H23ClN2O3. The van der Waals surface area contributed by atoms with Gasteiger partial charge < -0.3 is 20.5 Å². The number of nitrogens with two attached hydrogens (primary N) is 1. The molecule has 0 radical (unpaired) electrons. The first-order valence-corrected chi connectivity index (χ1v) is 7.45. The standard InChI is InChI=1S/C15H23ClN2O3/c1-3-20-10-11(2)21-8-4-5-15(19)18-14-7-6-12(16)9-13(14)17/h6-7,9,11H,3-5,8,10,17H2,1-2H3,(H,18,19). The molecule has 0 bridgehead atoms. The van der Waals surface area contributed by atoms with E-state index in [0.29, 0.717) is 49.1 Å². The van der Waals surface area contributed by atoms with Crippen molar-refractivity contribution < 1.29 is 14.3 Å². The molecule has 0 heterocycles. The summed E-state index contributed by atoms with van der Waals surface area (Å²) in [4.78, 5) is 11.8. The van der Waals surface area contributed by atoms with Gasteiger partial charge in [0.05, 0.1) is 24.1 Å². The Bertz CT molecular complexity index is 455. The molecule has 1 aromatic carbocycles. The molecule has 1 amide bonds. The molecule has 0 saturated carbocycles. The van der Waals surface area contributed by atoms with Crippen molar-refractivity contribution in [1.29, 1.82) is 0 Å². The van der Waals surface area contributed by atoms with E-state index in [4.69, 9.17) is 26.8 Å². The maximum Gasteiger partial charge on any atom is 0.224 e. The fourth-order valence-corrected chi connectivity index (χ4v) is 1.89. The van der Waals surface area contributed by atoms with Crippen molar-refractivity contribution in [3.8, 4) is 0 Å². The highest BCUT2D eigenvalue weighted by atomic mass is 35.5. The van der Waals surface area contributed by atoms with E-state index < -0.39 is 0 Å². The van der Waals surface area contributed by atoms with Crippen molar-refractivity contribution in [2.24, 2.45) is 0 Å². The zero-order chi connectivity index (χ0) is 15.7. The van der Waals surface area contributed by atoms with Gasteiger partial charge in [-0.05, 0) is 38.5 Å². The number of benzene rings is 1. The van der Waals surface area contributed by atoms with Crippen LogP contribution in [0.3, 0.4) is 0 Å². The topological polar surface area (TPSA) is 73.6 Å². The third kappa shape index (κ3) is 7.32. The van der Waals surface area contributed by atoms with E-state index >= 15 is 0 Å². The molecule has 1 aromatic rings. The molecular weight excluding hydrogens is 292 g/mol. The molecule has 0 saturated heterocycles. The van der Waals surface area contributed by atoms with Crippen LogP contribution in [0.2, 0.25) is 5.02 Å². The number of nitrogens with one attached hydrogen (secondary N) is 1. The summed E-state index contributed by atoms with van der Waals surface area (Å²) in [5, 5.41) is 3.30. The van der Waals surface area contributed by atoms with Crippen LogP contribution in [-0.2, 0) is 14.3 Å². The summed E-state index contributed by atoms with van der Waals surface area (Å²) in [5.74, 6) is -0.0925. The van der Waals surface area contributed by atoms with Gasteiger partial charge in [-0.15, -0.1) is 0 Å². The minimum absolute atomic E-state index is 0.0416. The van der Waals surface area contributed by atoms with Gasteiger partial charge >= 0.3 is 0 Å². The maximum absolute atomic E-state index is 11.8. The molecule has 0 fully saturated rings. The number of carbonyl (C=O) groups excluding carboxylic acids is 1. The number of carbonyl (C=O) groups is 1. The van der Waals surface area contributed by atoms with Crippen LogP contribution in [0, 0.1) is 0 Å². The van der Waals surface area contributed by atoms with E-state index in [1.165, 1.54) is 0 Å². The Morgan fingerprint density at radius 2 is 2.24 bits per heavy atom. The van der Waals surface area contributed by atoms with E-state index in [-0.39, 0.29) is 12.0 Å². The SMILES string of the molecule is CCOCC(C)OCCCC(=O)Nc1ccc(Cl)cc1N. The van der Waals surface area contributed by atoms with Crippen molar-refractivity contribution in [2.75, 3.05) is 30.9 Å². The first-order valence-electron chi connectivity index (χ1n) is 7.07. The predicted octanol–water partition coefficient (Wildman–Crippen LogP) is 3.08. The van der Waals surface area contributed by atoms with Crippen LogP contribution in [-0.4, -0.2) is 31.8 Å². The summed E-state index contributed by atoms with van der Waals surface area (Å²) in [7, 11) is 0. The van der Waals surface area contributed by atoms with Crippen molar-refractivity contribution in [3.63, 3.8) is 0 Å². The molecule has 5 nitrogen and oxygen atoms in total. The van der Waals surface area contributed by atoms with E-state index in [1.807, 2.05) is 13.8 Å². The molecule has 3 N–H and O–H groups in total. The number of amides is 1. The summed E-state index contributed by atoms with van der Waals surface area (Å²) < 4.78 is 10.8. The molecule has 1 atom stereocenters. The molecule has 1 rings (SSSR count).